The summed E-state index contributed by atoms with van der Waals surface area (Å²) in [6.45, 7) is 0. The van der Waals surface area contributed by atoms with Crippen molar-refractivity contribution in [1.82, 2.24) is 0 Å². The molecule has 3 N–H and O–H groups in total. The van der Waals surface area contributed by atoms with E-state index in [0.29, 0.717) is 5.69 Å². The number of rotatable bonds is 2. The van der Waals surface area contributed by atoms with Gasteiger partial charge in [-0.25, -0.2) is 0 Å². The molecule has 1 aliphatic rings. The molecule has 0 atom stereocenters. The Labute approximate surface area is 97.3 Å². The third-order valence-electron chi connectivity index (χ3n) is 2.74. The first kappa shape index (κ1) is 11.8. The van der Waals surface area contributed by atoms with E-state index in [1.807, 2.05) is 12.2 Å². The van der Waals surface area contributed by atoms with E-state index < -0.39 is 11.7 Å². The van der Waals surface area contributed by atoms with E-state index in [9.17, 15) is 13.2 Å². The van der Waals surface area contributed by atoms with Gasteiger partial charge in [-0.1, -0.05) is 12.2 Å². The molecule has 0 aromatic heterocycles. The van der Waals surface area contributed by atoms with Crippen LogP contribution in [0.4, 0.5) is 24.5 Å². The summed E-state index contributed by atoms with van der Waals surface area (Å²) in [5.74, 6) is 0. The first-order chi connectivity index (χ1) is 7.97. The maximum absolute atomic E-state index is 12.6. The van der Waals surface area contributed by atoms with Crippen LogP contribution in [0, 0.1) is 0 Å². The molecule has 0 heterocycles. The van der Waals surface area contributed by atoms with Gasteiger partial charge in [0.15, 0.2) is 0 Å². The molecule has 0 radical (unpaired) electrons. The summed E-state index contributed by atoms with van der Waals surface area (Å²) in [6.07, 6.45) is 1.30. The Bertz CT molecular complexity index is 430. The lowest BCUT2D eigenvalue weighted by Crippen LogP contribution is -2.16. The number of nitrogen functional groups attached to an aromatic ring is 1. The van der Waals surface area contributed by atoms with Gasteiger partial charge in [0.05, 0.1) is 5.56 Å². The summed E-state index contributed by atoms with van der Waals surface area (Å²) >= 11 is 0. The summed E-state index contributed by atoms with van der Waals surface area (Å²) in [5.41, 5.74) is 4.76. The van der Waals surface area contributed by atoms with E-state index in [1.54, 1.807) is 6.07 Å². The van der Waals surface area contributed by atoms with Crippen LogP contribution in [0.15, 0.2) is 30.4 Å². The molecule has 2 rings (SSSR count). The molecule has 0 amide bonds. The van der Waals surface area contributed by atoms with Crippen molar-refractivity contribution in [3.05, 3.63) is 35.9 Å². The highest BCUT2D eigenvalue weighted by Gasteiger charge is 2.33. The Balaban J connectivity index is 2.19. The molecule has 17 heavy (non-hydrogen) atoms. The van der Waals surface area contributed by atoms with Gasteiger partial charge in [0, 0.05) is 17.4 Å². The van der Waals surface area contributed by atoms with Gasteiger partial charge < -0.3 is 11.1 Å². The molecule has 0 bridgehead atoms. The average Bonchev–Trinajstić information content (AvgIpc) is 2.72. The highest BCUT2D eigenvalue weighted by atomic mass is 19.4. The summed E-state index contributed by atoms with van der Waals surface area (Å²) in [4.78, 5) is 0. The molecular formula is C12H13F3N2. The highest BCUT2D eigenvalue weighted by molar-refractivity contribution is 5.58. The average molecular weight is 242 g/mol. The second kappa shape index (κ2) is 4.31. The highest BCUT2D eigenvalue weighted by Crippen LogP contribution is 2.35. The minimum atomic E-state index is -4.41. The van der Waals surface area contributed by atoms with Gasteiger partial charge in [-0.05, 0) is 31.0 Å². The van der Waals surface area contributed by atoms with Crippen LogP contribution in [0.1, 0.15) is 18.4 Å². The molecule has 0 fully saturated rings. The van der Waals surface area contributed by atoms with Crippen molar-refractivity contribution in [2.45, 2.75) is 25.1 Å². The number of anilines is 2. The number of nitrogens with two attached hydrogens (primary N) is 1. The zero-order valence-corrected chi connectivity index (χ0v) is 9.09. The minimum Gasteiger partial charge on any atom is -0.398 e. The van der Waals surface area contributed by atoms with Crippen LogP contribution in [0.2, 0.25) is 0 Å². The summed E-state index contributed by atoms with van der Waals surface area (Å²) in [7, 11) is 0. The summed E-state index contributed by atoms with van der Waals surface area (Å²) < 4.78 is 37.9. The van der Waals surface area contributed by atoms with Crippen LogP contribution in [0.5, 0.6) is 0 Å². The van der Waals surface area contributed by atoms with Gasteiger partial charge >= 0.3 is 6.18 Å². The monoisotopic (exact) mass is 242 g/mol. The number of hydrogen-bond donors (Lipinski definition) is 2. The second-order valence-electron chi connectivity index (χ2n) is 4.08. The first-order valence-corrected chi connectivity index (χ1v) is 5.35. The molecule has 1 aliphatic carbocycles. The van der Waals surface area contributed by atoms with Crippen molar-refractivity contribution in [2.75, 3.05) is 11.1 Å². The van der Waals surface area contributed by atoms with Crippen LogP contribution < -0.4 is 11.1 Å². The lowest BCUT2D eigenvalue weighted by Gasteiger charge is -2.16. The van der Waals surface area contributed by atoms with Gasteiger partial charge in [0.1, 0.15) is 0 Å². The zero-order valence-electron chi connectivity index (χ0n) is 9.09. The molecular weight excluding hydrogens is 229 g/mol. The Morgan fingerprint density at radius 2 is 1.82 bits per heavy atom. The van der Waals surface area contributed by atoms with Crippen molar-refractivity contribution < 1.29 is 13.2 Å². The predicted octanol–water partition coefficient (Wildman–Crippen LogP) is 3.42. The standard InChI is InChI=1S/C12H13F3N2/c13-12(14,15)10-7-9(5-6-11(10)16)17-8-3-1-2-4-8/h1-2,5-8,17H,3-4,16H2. The third-order valence-corrected chi connectivity index (χ3v) is 2.74. The molecule has 0 saturated heterocycles. The minimum absolute atomic E-state index is 0.180. The van der Waals surface area contributed by atoms with E-state index in [0.717, 1.165) is 18.9 Å². The van der Waals surface area contributed by atoms with E-state index in [4.69, 9.17) is 5.73 Å². The van der Waals surface area contributed by atoms with Crippen molar-refractivity contribution in [2.24, 2.45) is 0 Å². The maximum Gasteiger partial charge on any atom is 0.418 e. The number of hydrogen-bond acceptors (Lipinski definition) is 2. The Hall–Kier alpha value is -1.65. The lowest BCUT2D eigenvalue weighted by molar-refractivity contribution is -0.136. The topological polar surface area (TPSA) is 38.0 Å². The lowest BCUT2D eigenvalue weighted by atomic mass is 10.1. The van der Waals surface area contributed by atoms with Crippen LogP contribution in [-0.2, 0) is 6.18 Å². The third kappa shape index (κ3) is 2.72. The molecule has 2 nitrogen and oxygen atoms in total. The molecule has 0 saturated carbocycles. The van der Waals surface area contributed by atoms with Crippen LogP contribution >= 0.6 is 0 Å². The number of benzene rings is 1. The van der Waals surface area contributed by atoms with Crippen LogP contribution in [0.25, 0.3) is 0 Å². The number of alkyl halides is 3. The molecule has 0 spiro atoms. The smallest absolute Gasteiger partial charge is 0.398 e. The van der Waals surface area contributed by atoms with Crippen molar-refractivity contribution >= 4 is 11.4 Å². The van der Waals surface area contributed by atoms with Crippen molar-refractivity contribution in [1.29, 1.82) is 0 Å². The van der Waals surface area contributed by atoms with Gasteiger partial charge in [-0.2, -0.15) is 13.2 Å². The molecule has 1 aromatic rings. The van der Waals surface area contributed by atoms with E-state index in [1.165, 1.54) is 6.07 Å². The Morgan fingerprint density at radius 3 is 2.41 bits per heavy atom. The van der Waals surface area contributed by atoms with Crippen LogP contribution in [0.3, 0.4) is 0 Å². The van der Waals surface area contributed by atoms with Crippen molar-refractivity contribution in [3.63, 3.8) is 0 Å². The fourth-order valence-electron chi connectivity index (χ4n) is 1.86. The predicted molar refractivity (Wildman–Crippen MR) is 61.6 cm³/mol. The van der Waals surface area contributed by atoms with E-state index in [2.05, 4.69) is 5.32 Å². The molecule has 0 unspecified atom stereocenters. The zero-order chi connectivity index (χ0) is 12.5. The number of nitrogens with one attached hydrogen (secondary N) is 1. The molecule has 5 heteroatoms. The largest absolute Gasteiger partial charge is 0.418 e. The molecule has 92 valence electrons. The molecule has 1 aromatic carbocycles. The van der Waals surface area contributed by atoms with Crippen molar-refractivity contribution in [3.8, 4) is 0 Å². The maximum atomic E-state index is 12.6. The van der Waals surface area contributed by atoms with Crippen LogP contribution in [-0.4, -0.2) is 6.04 Å². The second-order valence-corrected chi connectivity index (χ2v) is 4.08. The van der Waals surface area contributed by atoms with Gasteiger partial charge in [-0.3, -0.25) is 0 Å². The molecule has 0 aliphatic heterocycles. The summed E-state index contributed by atoms with van der Waals surface area (Å²) in [6, 6.07) is 4.10. The Kier molecular flexibility index (Phi) is 3.00. The fraction of sp³-hybridized carbons (Fsp3) is 0.333. The fourth-order valence-corrected chi connectivity index (χ4v) is 1.86. The quantitative estimate of drug-likeness (QED) is 0.616. The van der Waals surface area contributed by atoms with E-state index >= 15 is 0 Å². The van der Waals surface area contributed by atoms with Gasteiger partial charge in [0.2, 0.25) is 0 Å². The first-order valence-electron chi connectivity index (χ1n) is 5.35. The van der Waals surface area contributed by atoms with E-state index in [-0.39, 0.29) is 11.7 Å². The SMILES string of the molecule is Nc1ccc(NC2CC=CC2)cc1C(F)(F)F. The van der Waals surface area contributed by atoms with Gasteiger partial charge in [-0.15, -0.1) is 0 Å². The summed E-state index contributed by atoms with van der Waals surface area (Å²) in [5, 5.41) is 3.06. The number of halogens is 3. The normalized spacial score (nSPS) is 16.4. The van der Waals surface area contributed by atoms with Gasteiger partial charge in [0.25, 0.3) is 0 Å². The Morgan fingerprint density at radius 1 is 1.18 bits per heavy atom.